The van der Waals surface area contributed by atoms with Crippen molar-refractivity contribution in [1.82, 2.24) is 9.36 Å². The molecule has 0 saturated carbocycles. The summed E-state index contributed by atoms with van der Waals surface area (Å²) in [4.78, 5) is 7.13. The Hall–Kier alpha value is -2.18. The smallest absolute Gasteiger partial charge is 0.205 e. The average Bonchev–Trinajstić information content (AvgIpc) is 3.33. The second-order valence-electron chi connectivity index (χ2n) is 6.73. The summed E-state index contributed by atoms with van der Waals surface area (Å²) in [5.41, 5.74) is 1.04. The van der Waals surface area contributed by atoms with Crippen LogP contribution < -0.4 is 4.90 Å². The molecule has 2 aromatic heterocycles. The van der Waals surface area contributed by atoms with Crippen molar-refractivity contribution in [2.45, 2.75) is 44.2 Å². The van der Waals surface area contributed by atoms with E-state index in [0.29, 0.717) is 12.2 Å². The molecule has 0 aliphatic carbocycles. The Kier molecular flexibility index (Phi) is 5.32. The van der Waals surface area contributed by atoms with Crippen LogP contribution in [0, 0.1) is 0 Å². The number of rotatable bonds is 5. The Morgan fingerprint density at radius 2 is 2.04 bits per heavy atom. The quantitative estimate of drug-likeness (QED) is 0.708. The molecular formula is C20H23N3O2S. The molecule has 4 rings (SSSR count). The predicted molar refractivity (Wildman–Crippen MR) is 103 cm³/mol. The molecule has 2 unspecified atom stereocenters. The molecule has 1 fully saturated rings. The first-order valence-corrected chi connectivity index (χ1v) is 9.96. The minimum atomic E-state index is -0.586. The minimum Gasteiger partial charge on any atom is -0.467 e. The monoisotopic (exact) mass is 369 g/mol. The Balaban J connectivity index is 1.55. The van der Waals surface area contributed by atoms with Crippen molar-refractivity contribution in [2.24, 2.45) is 0 Å². The summed E-state index contributed by atoms with van der Waals surface area (Å²) in [6.07, 6.45) is 6.27. The van der Waals surface area contributed by atoms with Gasteiger partial charge in [0.1, 0.15) is 11.9 Å². The molecule has 6 heteroatoms. The first kappa shape index (κ1) is 17.2. The lowest BCUT2D eigenvalue weighted by Gasteiger charge is -2.30. The number of aliphatic hydroxyl groups excluding tert-OH is 1. The van der Waals surface area contributed by atoms with Gasteiger partial charge in [-0.05, 0) is 25.0 Å². The van der Waals surface area contributed by atoms with Gasteiger partial charge in [0.05, 0.1) is 6.26 Å². The van der Waals surface area contributed by atoms with Crippen molar-refractivity contribution in [3.8, 4) is 11.4 Å². The van der Waals surface area contributed by atoms with E-state index in [1.165, 1.54) is 24.4 Å². The van der Waals surface area contributed by atoms with E-state index in [2.05, 4.69) is 9.27 Å². The lowest BCUT2D eigenvalue weighted by molar-refractivity contribution is 0.129. The first-order valence-electron chi connectivity index (χ1n) is 9.18. The highest BCUT2D eigenvalue weighted by Gasteiger charge is 2.27. The molecule has 0 bridgehead atoms. The van der Waals surface area contributed by atoms with E-state index in [1.807, 2.05) is 42.5 Å². The summed E-state index contributed by atoms with van der Waals surface area (Å²) < 4.78 is 9.94. The fraction of sp³-hybridized carbons (Fsp3) is 0.400. The van der Waals surface area contributed by atoms with E-state index in [4.69, 9.17) is 9.40 Å². The highest BCUT2D eigenvalue weighted by atomic mass is 32.1. The van der Waals surface area contributed by atoms with Crippen molar-refractivity contribution in [3.63, 3.8) is 0 Å². The van der Waals surface area contributed by atoms with Crippen LogP contribution in [0.1, 0.15) is 44.0 Å². The Labute approximate surface area is 157 Å². The third kappa shape index (κ3) is 3.81. The van der Waals surface area contributed by atoms with Gasteiger partial charge < -0.3 is 14.4 Å². The van der Waals surface area contributed by atoms with E-state index in [9.17, 15) is 5.11 Å². The van der Waals surface area contributed by atoms with Gasteiger partial charge in [0.25, 0.3) is 0 Å². The Morgan fingerprint density at radius 1 is 1.15 bits per heavy atom. The van der Waals surface area contributed by atoms with Crippen LogP contribution in [0.3, 0.4) is 0 Å². The van der Waals surface area contributed by atoms with Crippen LogP contribution in [0.5, 0.6) is 0 Å². The minimum absolute atomic E-state index is 0.245. The summed E-state index contributed by atoms with van der Waals surface area (Å²) in [5.74, 6) is 1.41. The van der Waals surface area contributed by atoms with Crippen LogP contribution in [0.2, 0.25) is 0 Å². The van der Waals surface area contributed by atoms with Crippen molar-refractivity contribution < 1.29 is 9.52 Å². The van der Waals surface area contributed by atoms with Crippen LogP contribution in [0.25, 0.3) is 11.4 Å². The first-order chi connectivity index (χ1) is 12.8. The molecule has 136 valence electrons. The molecular weight excluding hydrogens is 346 g/mol. The number of furan rings is 1. The SMILES string of the molecule is OC(CC1CCCCCN1c1nc(-c2ccccc2)ns1)c1ccco1. The molecule has 3 heterocycles. The summed E-state index contributed by atoms with van der Waals surface area (Å²) in [5, 5.41) is 11.5. The summed E-state index contributed by atoms with van der Waals surface area (Å²) in [7, 11) is 0. The Bertz CT molecular complexity index is 804. The summed E-state index contributed by atoms with van der Waals surface area (Å²) in [6.45, 7) is 0.957. The van der Waals surface area contributed by atoms with Crippen LogP contribution >= 0.6 is 11.5 Å². The van der Waals surface area contributed by atoms with Gasteiger partial charge in [-0.1, -0.05) is 43.2 Å². The maximum atomic E-state index is 10.5. The second kappa shape index (κ2) is 8.01. The van der Waals surface area contributed by atoms with Crippen LogP contribution in [-0.2, 0) is 0 Å². The predicted octanol–water partition coefficient (Wildman–Crippen LogP) is 4.67. The number of nitrogens with zero attached hydrogens (tertiary/aromatic N) is 3. The van der Waals surface area contributed by atoms with Crippen LogP contribution in [-0.4, -0.2) is 27.1 Å². The van der Waals surface area contributed by atoms with Gasteiger partial charge in [-0.3, -0.25) is 0 Å². The summed E-state index contributed by atoms with van der Waals surface area (Å²) >= 11 is 1.45. The highest BCUT2D eigenvalue weighted by molar-refractivity contribution is 7.09. The number of anilines is 1. The van der Waals surface area contributed by atoms with Gasteiger partial charge in [-0.2, -0.15) is 9.36 Å². The lowest BCUT2D eigenvalue weighted by Crippen LogP contribution is -2.36. The largest absolute Gasteiger partial charge is 0.467 e. The molecule has 2 atom stereocenters. The van der Waals surface area contributed by atoms with E-state index in [1.54, 1.807) is 6.26 Å². The molecule has 0 amide bonds. The van der Waals surface area contributed by atoms with Crippen LogP contribution in [0.4, 0.5) is 5.13 Å². The highest BCUT2D eigenvalue weighted by Crippen LogP contribution is 2.32. The van der Waals surface area contributed by atoms with Gasteiger partial charge >= 0.3 is 0 Å². The maximum absolute atomic E-state index is 10.5. The summed E-state index contributed by atoms with van der Waals surface area (Å²) in [6, 6.07) is 14.0. The molecule has 1 saturated heterocycles. The van der Waals surface area contributed by atoms with Crippen molar-refractivity contribution in [3.05, 3.63) is 54.5 Å². The van der Waals surface area contributed by atoms with Crippen LogP contribution in [0.15, 0.2) is 53.1 Å². The number of hydrogen-bond acceptors (Lipinski definition) is 6. The van der Waals surface area contributed by atoms with Gasteiger partial charge in [-0.25, -0.2) is 0 Å². The molecule has 1 aliphatic rings. The molecule has 1 aliphatic heterocycles. The Morgan fingerprint density at radius 3 is 2.85 bits per heavy atom. The maximum Gasteiger partial charge on any atom is 0.205 e. The molecule has 1 aromatic carbocycles. The van der Waals surface area contributed by atoms with E-state index in [0.717, 1.165) is 35.9 Å². The second-order valence-corrected chi connectivity index (χ2v) is 7.46. The molecule has 26 heavy (non-hydrogen) atoms. The normalized spacial score (nSPS) is 19.3. The van der Waals surface area contributed by atoms with Gasteiger partial charge in [0.2, 0.25) is 5.13 Å². The molecule has 0 radical (unpaired) electrons. The zero-order valence-electron chi connectivity index (χ0n) is 14.6. The third-order valence-corrected chi connectivity index (χ3v) is 5.69. The van der Waals surface area contributed by atoms with E-state index < -0.39 is 6.10 Å². The fourth-order valence-electron chi connectivity index (χ4n) is 3.57. The molecule has 1 N–H and O–H groups in total. The fourth-order valence-corrected chi connectivity index (χ4v) is 4.35. The molecule has 0 spiro atoms. The average molecular weight is 369 g/mol. The third-order valence-electron chi connectivity index (χ3n) is 4.94. The molecule has 3 aromatic rings. The van der Waals surface area contributed by atoms with Crippen molar-refractivity contribution in [2.75, 3.05) is 11.4 Å². The van der Waals surface area contributed by atoms with Gasteiger partial charge in [0.15, 0.2) is 5.82 Å². The number of hydrogen-bond donors (Lipinski definition) is 1. The standard InChI is InChI=1S/C20H23N3O2S/c24-17(18-11-7-13-25-18)14-16-10-5-2-6-12-23(16)20-21-19(22-26-20)15-8-3-1-4-9-15/h1,3-4,7-9,11,13,16-17,24H,2,5-6,10,12,14H2. The van der Waals surface area contributed by atoms with Crippen molar-refractivity contribution >= 4 is 16.7 Å². The van der Waals surface area contributed by atoms with Crippen molar-refractivity contribution in [1.29, 1.82) is 0 Å². The molecule has 5 nitrogen and oxygen atoms in total. The zero-order valence-corrected chi connectivity index (χ0v) is 15.4. The van der Waals surface area contributed by atoms with E-state index >= 15 is 0 Å². The number of benzene rings is 1. The van der Waals surface area contributed by atoms with Gasteiger partial charge in [0, 0.05) is 36.1 Å². The zero-order chi connectivity index (χ0) is 17.8. The number of aromatic nitrogens is 2. The van der Waals surface area contributed by atoms with Gasteiger partial charge in [-0.15, -0.1) is 0 Å². The topological polar surface area (TPSA) is 62.4 Å². The van der Waals surface area contributed by atoms with E-state index in [-0.39, 0.29) is 6.04 Å². The lowest BCUT2D eigenvalue weighted by atomic mass is 10.0. The number of aliphatic hydroxyl groups is 1.